The van der Waals surface area contributed by atoms with Gasteiger partial charge in [-0.05, 0) is 12.1 Å². The highest BCUT2D eigenvalue weighted by atomic mass is 19.4. The number of benzene rings is 1. The SMILES string of the molecule is O=C(O)CN(CCOC(F)(F)F)c1ccccc1. The predicted octanol–water partition coefficient (Wildman–Crippen LogP) is 2.11. The molecule has 0 amide bonds. The molecule has 0 aliphatic heterocycles. The van der Waals surface area contributed by atoms with Crippen LogP contribution in [0.3, 0.4) is 0 Å². The van der Waals surface area contributed by atoms with Gasteiger partial charge in [0.05, 0.1) is 6.61 Å². The molecule has 1 rings (SSSR count). The summed E-state index contributed by atoms with van der Waals surface area (Å²) in [6, 6.07) is 8.32. The molecule has 0 saturated heterocycles. The molecule has 7 heteroatoms. The minimum absolute atomic E-state index is 0.157. The van der Waals surface area contributed by atoms with Gasteiger partial charge in [0.2, 0.25) is 0 Å². The Kier molecular flexibility index (Phi) is 4.96. The highest BCUT2D eigenvalue weighted by Gasteiger charge is 2.29. The molecular formula is C11H12F3NO3. The quantitative estimate of drug-likeness (QED) is 0.854. The molecule has 4 nitrogen and oxygen atoms in total. The highest BCUT2D eigenvalue weighted by molar-refractivity contribution is 5.73. The van der Waals surface area contributed by atoms with Crippen molar-refractivity contribution in [1.82, 2.24) is 0 Å². The first-order chi connectivity index (χ1) is 8.38. The summed E-state index contributed by atoms with van der Waals surface area (Å²) in [4.78, 5) is 11.9. The molecule has 0 bridgehead atoms. The average Bonchev–Trinajstić information content (AvgIpc) is 2.27. The second kappa shape index (κ2) is 6.25. The number of ether oxygens (including phenoxy) is 1. The zero-order valence-electron chi connectivity index (χ0n) is 9.35. The van der Waals surface area contributed by atoms with Crippen LogP contribution in [0, 0.1) is 0 Å². The van der Waals surface area contributed by atoms with E-state index in [1.54, 1.807) is 30.3 Å². The van der Waals surface area contributed by atoms with Crippen molar-refractivity contribution in [3.63, 3.8) is 0 Å². The molecule has 0 fully saturated rings. The number of halogens is 3. The predicted molar refractivity (Wildman–Crippen MR) is 58.3 cm³/mol. The molecule has 0 unspecified atom stereocenters. The summed E-state index contributed by atoms with van der Waals surface area (Å²) in [5.41, 5.74) is 0.533. The van der Waals surface area contributed by atoms with Crippen LogP contribution in [-0.2, 0) is 9.53 Å². The number of nitrogens with zero attached hydrogens (tertiary/aromatic N) is 1. The molecule has 100 valence electrons. The summed E-state index contributed by atoms with van der Waals surface area (Å²) in [5.74, 6) is -1.12. The maximum atomic E-state index is 11.8. The summed E-state index contributed by atoms with van der Waals surface area (Å²) in [5, 5.41) is 8.70. The molecule has 0 aliphatic rings. The van der Waals surface area contributed by atoms with Gasteiger partial charge >= 0.3 is 12.3 Å². The minimum atomic E-state index is -4.70. The first kappa shape index (κ1) is 14.3. The van der Waals surface area contributed by atoms with Crippen molar-refractivity contribution >= 4 is 11.7 Å². The van der Waals surface area contributed by atoms with Crippen LogP contribution in [0.2, 0.25) is 0 Å². The van der Waals surface area contributed by atoms with Crippen molar-refractivity contribution in [2.24, 2.45) is 0 Å². The topological polar surface area (TPSA) is 49.8 Å². The fraction of sp³-hybridized carbons (Fsp3) is 0.364. The Labute approximate surface area is 102 Å². The van der Waals surface area contributed by atoms with E-state index in [4.69, 9.17) is 5.11 Å². The van der Waals surface area contributed by atoms with Gasteiger partial charge in [-0.15, -0.1) is 13.2 Å². The third-order valence-electron chi connectivity index (χ3n) is 2.07. The summed E-state index contributed by atoms with van der Waals surface area (Å²) in [7, 11) is 0. The molecule has 1 aromatic rings. The van der Waals surface area contributed by atoms with E-state index < -0.39 is 18.9 Å². The van der Waals surface area contributed by atoms with E-state index in [0.29, 0.717) is 5.69 Å². The van der Waals surface area contributed by atoms with Gasteiger partial charge in [0.25, 0.3) is 0 Å². The number of carboxylic acids is 1. The smallest absolute Gasteiger partial charge is 0.480 e. The third kappa shape index (κ3) is 5.53. The maximum absolute atomic E-state index is 11.8. The fourth-order valence-electron chi connectivity index (χ4n) is 1.37. The molecule has 18 heavy (non-hydrogen) atoms. The van der Waals surface area contributed by atoms with E-state index in [-0.39, 0.29) is 13.1 Å². The lowest BCUT2D eigenvalue weighted by atomic mass is 10.3. The normalized spacial score (nSPS) is 11.3. The van der Waals surface area contributed by atoms with E-state index in [1.165, 1.54) is 4.90 Å². The summed E-state index contributed by atoms with van der Waals surface area (Å²) in [6.45, 7) is -1.16. The van der Waals surface area contributed by atoms with Crippen molar-refractivity contribution in [2.75, 3.05) is 24.6 Å². The third-order valence-corrected chi connectivity index (χ3v) is 2.07. The van der Waals surface area contributed by atoms with Gasteiger partial charge < -0.3 is 10.0 Å². The molecule has 1 aromatic carbocycles. The van der Waals surface area contributed by atoms with Crippen LogP contribution in [0.15, 0.2) is 30.3 Å². The van der Waals surface area contributed by atoms with E-state index in [0.717, 1.165) is 0 Å². The van der Waals surface area contributed by atoms with Crippen LogP contribution in [-0.4, -0.2) is 37.1 Å². The number of hydrogen-bond acceptors (Lipinski definition) is 3. The van der Waals surface area contributed by atoms with Gasteiger partial charge in [0.1, 0.15) is 6.54 Å². The average molecular weight is 263 g/mol. The van der Waals surface area contributed by atoms with Crippen molar-refractivity contribution in [3.8, 4) is 0 Å². The summed E-state index contributed by atoms with van der Waals surface area (Å²) in [6.07, 6.45) is -4.70. The molecule has 0 spiro atoms. The molecule has 0 saturated carbocycles. The van der Waals surface area contributed by atoms with Crippen molar-refractivity contribution in [3.05, 3.63) is 30.3 Å². The molecule has 0 aliphatic carbocycles. The zero-order chi connectivity index (χ0) is 13.6. The molecule has 0 heterocycles. The number of aliphatic carboxylic acids is 1. The van der Waals surface area contributed by atoms with E-state index >= 15 is 0 Å². The number of carbonyl (C=O) groups is 1. The molecule has 0 radical (unpaired) electrons. The molecule has 0 atom stereocenters. The van der Waals surface area contributed by atoms with E-state index in [1.807, 2.05) is 0 Å². The second-order valence-electron chi connectivity index (χ2n) is 3.45. The summed E-state index contributed by atoms with van der Waals surface area (Å²) < 4.78 is 39.1. The van der Waals surface area contributed by atoms with Crippen molar-refractivity contribution < 1.29 is 27.8 Å². The van der Waals surface area contributed by atoms with Crippen LogP contribution < -0.4 is 4.90 Å². The highest BCUT2D eigenvalue weighted by Crippen LogP contribution is 2.17. The largest absolute Gasteiger partial charge is 0.522 e. The zero-order valence-corrected chi connectivity index (χ0v) is 9.35. The van der Waals surface area contributed by atoms with Crippen molar-refractivity contribution in [2.45, 2.75) is 6.36 Å². The van der Waals surface area contributed by atoms with Gasteiger partial charge in [-0.1, -0.05) is 18.2 Å². The Hall–Kier alpha value is -1.76. The second-order valence-corrected chi connectivity index (χ2v) is 3.45. The Bertz CT molecular complexity index is 381. The monoisotopic (exact) mass is 263 g/mol. The Morgan fingerprint density at radius 1 is 1.28 bits per heavy atom. The summed E-state index contributed by atoms with van der Waals surface area (Å²) >= 11 is 0. The lowest BCUT2D eigenvalue weighted by Gasteiger charge is -2.22. The lowest BCUT2D eigenvalue weighted by Crippen LogP contribution is -2.34. The van der Waals surface area contributed by atoms with Crippen LogP contribution in [0.25, 0.3) is 0 Å². The number of carboxylic acid groups (broad SMARTS) is 1. The minimum Gasteiger partial charge on any atom is -0.480 e. The number of anilines is 1. The van der Waals surface area contributed by atoms with Crippen LogP contribution in [0.4, 0.5) is 18.9 Å². The number of rotatable bonds is 6. The molecule has 0 aromatic heterocycles. The Morgan fingerprint density at radius 2 is 1.89 bits per heavy atom. The van der Waals surface area contributed by atoms with E-state index in [2.05, 4.69) is 4.74 Å². The van der Waals surface area contributed by atoms with Gasteiger partial charge in [-0.3, -0.25) is 9.53 Å². The van der Waals surface area contributed by atoms with Gasteiger partial charge in [0.15, 0.2) is 0 Å². The van der Waals surface area contributed by atoms with E-state index in [9.17, 15) is 18.0 Å². The van der Waals surface area contributed by atoms with Crippen LogP contribution in [0.1, 0.15) is 0 Å². The number of alkyl halides is 3. The van der Waals surface area contributed by atoms with Gasteiger partial charge in [-0.2, -0.15) is 0 Å². The van der Waals surface area contributed by atoms with Gasteiger partial charge in [-0.25, -0.2) is 0 Å². The fourth-order valence-corrected chi connectivity index (χ4v) is 1.37. The van der Waals surface area contributed by atoms with Crippen LogP contribution >= 0.6 is 0 Å². The lowest BCUT2D eigenvalue weighted by molar-refractivity contribution is -0.323. The standard InChI is InChI=1S/C11H12F3NO3/c12-11(13,14)18-7-6-15(8-10(16)17)9-4-2-1-3-5-9/h1-5H,6-8H2,(H,16,17). The maximum Gasteiger partial charge on any atom is 0.522 e. The number of hydrogen-bond donors (Lipinski definition) is 1. The molecule has 1 N–H and O–H groups in total. The number of para-hydroxylation sites is 1. The van der Waals surface area contributed by atoms with Crippen LogP contribution in [0.5, 0.6) is 0 Å². The van der Waals surface area contributed by atoms with Gasteiger partial charge in [0, 0.05) is 12.2 Å². The first-order valence-electron chi connectivity index (χ1n) is 5.11. The Balaban J connectivity index is 2.60. The van der Waals surface area contributed by atoms with Crippen molar-refractivity contribution in [1.29, 1.82) is 0 Å². The Morgan fingerprint density at radius 3 is 2.39 bits per heavy atom. The first-order valence-corrected chi connectivity index (χ1v) is 5.11. The molecular weight excluding hydrogens is 251 g/mol.